The monoisotopic (exact) mass is 334 g/mol. The number of hydrogen-bond donors (Lipinski definition) is 2. The van der Waals surface area contributed by atoms with E-state index in [-0.39, 0.29) is 21.4 Å². The van der Waals surface area contributed by atoms with Crippen molar-refractivity contribution in [2.24, 2.45) is 5.73 Å². The largest absolute Gasteiger partial charge is 0.384 e. The van der Waals surface area contributed by atoms with E-state index in [9.17, 15) is 14.9 Å². The number of nitro benzene ring substituents is 1. The van der Waals surface area contributed by atoms with Crippen LogP contribution in [0.25, 0.3) is 0 Å². The van der Waals surface area contributed by atoms with E-state index in [0.717, 1.165) is 11.8 Å². The third-order valence-electron chi connectivity index (χ3n) is 2.53. The maximum Gasteiger partial charge on any atom is 0.270 e. The minimum absolute atomic E-state index is 0.158. The van der Waals surface area contributed by atoms with Crippen molar-refractivity contribution in [2.75, 3.05) is 5.32 Å². The summed E-state index contributed by atoms with van der Waals surface area (Å²) in [6, 6.07) is 8.82. The average Bonchev–Trinajstić information content (AvgIpc) is 2.49. The van der Waals surface area contributed by atoms with Gasteiger partial charge in [0.2, 0.25) is 0 Å². The molecule has 2 rings (SSSR count). The second kappa shape index (κ2) is 6.96. The molecule has 1 aromatic heterocycles. The molecule has 0 aliphatic carbocycles. The maximum absolute atomic E-state index is 12.2. The number of thiocarbonyl (C=S) groups is 1. The van der Waals surface area contributed by atoms with E-state index in [4.69, 9.17) is 18.0 Å². The van der Waals surface area contributed by atoms with E-state index in [1.807, 2.05) is 0 Å². The molecule has 0 aliphatic rings. The molecule has 7 nitrogen and oxygen atoms in total. The molecule has 0 spiro atoms. The number of nitro groups is 1. The van der Waals surface area contributed by atoms with E-state index >= 15 is 0 Å². The third kappa shape index (κ3) is 3.99. The second-order valence-corrected chi connectivity index (χ2v) is 5.81. The van der Waals surface area contributed by atoms with Gasteiger partial charge in [-0.05, 0) is 18.2 Å². The number of aromatic nitrogens is 1. The molecule has 22 heavy (non-hydrogen) atoms. The predicted molar refractivity (Wildman–Crippen MR) is 87.9 cm³/mol. The standard InChI is InChI=1S/C13H10N4O3S2/c14-13(21)22-10-5-2-6-15-11(10)16-12(18)8-3-1-4-9(7-8)17(19)20/h1-7H,(H2,14,21)(H,15,16,18). The highest BCUT2D eigenvalue weighted by molar-refractivity contribution is 8.23. The number of non-ortho nitro benzene ring substituents is 1. The van der Waals surface area contributed by atoms with Crippen molar-refractivity contribution in [1.29, 1.82) is 0 Å². The predicted octanol–water partition coefficient (Wildman–Crippen LogP) is 2.58. The zero-order valence-corrected chi connectivity index (χ0v) is 12.7. The fraction of sp³-hybridized carbons (Fsp3) is 0. The van der Waals surface area contributed by atoms with E-state index in [1.165, 1.54) is 30.5 Å². The fourth-order valence-corrected chi connectivity index (χ4v) is 2.45. The van der Waals surface area contributed by atoms with Crippen molar-refractivity contribution in [3.05, 3.63) is 58.3 Å². The van der Waals surface area contributed by atoms with Crippen molar-refractivity contribution >= 4 is 45.7 Å². The molecular formula is C13H10N4O3S2. The van der Waals surface area contributed by atoms with Crippen LogP contribution in [0.1, 0.15) is 10.4 Å². The third-order valence-corrected chi connectivity index (χ3v) is 3.53. The van der Waals surface area contributed by atoms with Gasteiger partial charge in [-0.15, -0.1) is 0 Å². The number of amides is 1. The Balaban J connectivity index is 2.24. The number of rotatable bonds is 4. The summed E-state index contributed by atoms with van der Waals surface area (Å²) in [5.41, 5.74) is 5.47. The topological polar surface area (TPSA) is 111 Å². The number of nitrogens with two attached hydrogens (primary N) is 1. The molecule has 0 aliphatic heterocycles. The number of benzene rings is 1. The zero-order chi connectivity index (χ0) is 16.1. The van der Waals surface area contributed by atoms with Gasteiger partial charge in [0.1, 0.15) is 10.1 Å². The van der Waals surface area contributed by atoms with Gasteiger partial charge in [0, 0.05) is 23.9 Å². The second-order valence-electron chi connectivity index (χ2n) is 4.03. The van der Waals surface area contributed by atoms with Crippen molar-refractivity contribution in [3.8, 4) is 0 Å². The molecule has 112 valence electrons. The summed E-state index contributed by atoms with van der Waals surface area (Å²) in [6.07, 6.45) is 1.51. The molecule has 2 aromatic rings. The number of carbonyl (C=O) groups is 1. The summed E-state index contributed by atoms with van der Waals surface area (Å²) in [6.45, 7) is 0. The van der Waals surface area contributed by atoms with Gasteiger partial charge in [-0.1, -0.05) is 30.0 Å². The van der Waals surface area contributed by atoms with Crippen LogP contribution in [0.15, 0.2) is 47.5 Å². The van der Waals surface area contributed by atoms with Crippen LogP contribution in [-0.4, -0.2) is 20.1 Å². The maximum atomic E-state index is 12.2. The number of nitrogens with zero attached hydrogens (tertiary/aromatic N) is 2. The molecule has 0 saturated carbocycles. The molecule has 0 unspecified atom stereocenters. The summed E-state index contributed by atoms with van der Waals surface area (Å²) in [5, 5.41) is 13.3. The zero-order valence-electron chi connectivity index (χ0n) is 11.1. The molecule has 1 aromatic carbocycles. The number of pyridine rings is 1. The Labute approximate surface area is 135 Å². The van der Waals surface area contributed by atoms with E-state index in [0.29, 0.717) is 4.90 Å². The summed E-state index contributed by atoms with van der Waals surface area (Å²) in [7, 11) is 0. The lowest BCUT2D eigenvalue weighted by molar-refractivity contribution is -0.384. The van der Waals surface area contributed by atoms with Crippen LogP contribution in [0.4, 0.5) is 11.5 Å². The van der Waals surface area contributed by atoms with Crippen LogP contribution in [0.2, 0.25) is 0 Å². The molecular weight excluding hydrogens is 324 g/mol. The smallest absolute Gasteiger partial charge is 0.270 e. The SMILES string of the molecule is NC(=S)Sc1cccnc1NC(=O)c1cccc([N+](=O)[O-])c1. The Bertz CT molecular complexity index is 752. The van der Waals surface area contributed by atoms with Crippen molar-refractivity contribution < 1.29 is 9.72 Å². The van der Waals surface area contributed by atoms with E-state index in [1.54, 1.807) is 12.1 Å². The molecule has 1 heterocycles. The first kappa shape index (κ1) is 15.9. The minimum Gasteiger partial charge on any atom is -0.384 e. The molecule has 0 atom stereocenters. The lowest BCUT2D eigenvalue weighted by atomic mass is 10.2. The van der Waals surface area contributed by atoms with Crippen LogP contribution in [-0.2, 0) is 0 Å². The first-order chi connectivity index (χ1) is 10.5. The average molecular weight is 334 g/mol. The Morgan fingerprint density at radius 1 is 1.36 bits per heavy atom. The van der Waals surface area contributed by atoms with Crippen LogP contribution < -0.4 is 11.1 Å². The van der Waals surface area contributed by atoms with Gasteiger partial charge in [-0.3, -0.25) is 14.9 Å². The van der Waals surface area contributed by atoms with E-state index in [2.05, 4.69) is 10.3 Å². The summed E-state index contributed by atoms with van der Waals surface area (Å²) >= 11 is 5.91. The molecule has 3 N–H and O–H groups in total. The van der Waals surface area contributed by atoms with Gasteiger partial charge in [0.05, 0.1) is 9.82 Å². The Morgan fingerprint density at radius 2 is 2.14 bits per heavy atom. The normalized spacial score (nSPS) is 10.0. The quantitative estimate of drug-likeness (QED) is 0.382. The molecule has 0 fully saturated rings. The van der Waals surface area contributed by atoms with Crippen LogP contribution in [0, 0.1) is 10.1 Å². The van der Waals surface area contributed by atoms with Gasteiger partial charge in [0.25, 0.3) is 11.6 Å². The van der Waals surface area contributed by atoms with Gasteiger partial charge in [-0.2, -0.15) is 0 Å². The van der Waals surface area contributed by atoms with Crippen LogP contribution >= 0.6 is 24.0 Å². The van der Waals surface area contributed by atoms with Crippen LogP contribution in [0.5, 0.6) is 0 Å². The molecule has 0 saturated heterocycles. The summed E-state index contributed by atoms with van der Waals surface area (Å²) in [5.74, 6) is -0.219. The van der Waals surface area contributed by atoms with E-state index < -0.39 is 10.8 Å². The highest BCUT2D eigenvalue weighted by Crippen LogP contribution is 2.25. The first-order valence-electron chi connectivity index (χ1n) is 5.95. The van der Waals surface area contributed by atoms with Gasteiger partial charge in [0.15, 0.2) is 0 Å². The van der Waals surface area contributed by atoms with Crippen molar-refractivity contribution in [3.63, 3.8) is 0 Å². The number of carbonyl (C=O) groups excluding carboxylic acids is 1. The number of nitrogens with one attached hydrogen (secondary N) is 1. The number of hydrogen-bond acceptors (Lipinski definition) is 6. The van der Waals surface area contributed by atoms with Gasteiger partial charge >= 0.3 is 0 Å². The summed E-state index contributed by atoms with van der Waals surface area (Å²) in [4.78, 5) is 27.0. The van der Waals surface area contributed by atoms with Gasteiger partial charge < -0.3 is 11.1 Å². The lowest BCUT2D eigenvalue weighted by Crippen LogP contribution is -2.14. The number of thioether (sulfide) groups is 1. The van der Waals surface area contributed by atoms with Crippen molar-refractivity contribution in [1.82, 2.24) is 4.98 Å². The number of anilines is 1. The van der Waals surface area contributed by atoms with Gasteiger partial charge in [-0.25, -0.2) is 4.98 Å². The minimum atomic E-state index is -0.564. The molecule has 0 radical (unpaired) electrons. The van der Waals surface area contributed by atoms with Crippen molar-refractivity contribution in [2.45, 2.75) is 4.90 Å². The highest BCUT2D eigenvalue weighted by atomic mass is 32.2. The summed E-state index contributed by atoms with van der Waals surface area (Å²) < 4.78 is 0.193. The highest BCUT2D eigenvalue weighted by Gasteiger charge is 2.14. The van der Waals surface area contributed by atoms with Crippen LogP contribution in [0.3, 0.4) is 0 Å². The first-order valence-corrected chi connectivity index (χ1v) is 7.18. The molecule has 1 amide bonds. The Morgan fingerprint density at radius 3 is 2.82 bits per heavy atom. The Kier molecular flexibility index (Phi) is 5.02. The fourth-order valence-electron chi connectivity index (χ4n) is 1.62. The lowest BCUT2D eigenvalue weighted by Gasteiger charge is -2.08. The molecule has 9 heteroatoms. The molecule has 0 bridgehead atoms. The Hall–Kier alpha value is -2.52.